The molecule has 1 saturated heterocycles. The maximum absolute atomic E-state index is 13.1. The number of hydrogen-bond donors (Lipinski definition) is 0. The Balaban J connectivity index is 1.25. The fourth-order valence-electron chi connectivity index (χ4n) is 5.07. The van der Waals surface area contributed by atoms with Crippen LogP contribution in [0.5, 0.6) is 0 Å². The van der Waals surface area contributed by atoms with Crippen LogP contribution in [0.3, 0.4) is 0 Å². The van der Waals surface area contributed by atoms with Gasteiger partial charge in [0.2, 0.25) is 10.0 Å². The molecule has 0 aromatic heterocycles. The van der Waals surface area contributed by atoms with Crippen LogP contribution >= 0.6 is 0 Å². The van der Waals surface area contributed by atoms with Crippen LogP contribution in [0.2, 0.25) is 0 Å². The minimum Gasteiger partial charge on any atom is -0.300 e. The van der Waals surface area contributed by atoms with Crippen molar-refractivity contribution in [2.75, 3.05) is 32.7 Å². The third-order valence-electron chi connectivity index (χ3n) is 6.60. The van der Waals surface area contributed by atoms with Gasteiger partial charge >= 0.3 is 0 Å². The number of sulfonamides is 1. The summed E-state index contributed by atoms with van der Waals surface area (Å²) in [6.07, 6.45) is 7.44. The molecular weight excluding hydrogens is 356 g/mol. The minimum atomic E-state index is -3.42. The highest BCUT2D eigenvalue weighted by Gasteiger charge is 2.37. The number of piperazine rings is 1. The van der Waals surface area contributed by atoms with Crippen molar-refractivity contribution in [1.82, 2.24) is 9.21 Å². The molecule has 3 atom stereocenters. The van der Waals surface area contributed by atoms with Gasteiger partial charge in [0, 0.05) is 32.7 Å². The maximum atomic E-state index is 13.1. The fraction of sp³-hybridized carbons (Fsp3) is 0.455. The number of hydrogen-bond acceptors (Lipinski definition) is 3. The third kappa shape index (κ3) is 3.22. The summed E-state index contributed by atoms with van der Waals surface area (Å²) >= 11 is 0. The molecule has 4 nitrogen and oxygen atoms in total. The molecule has 2 aromatic rings. The number of fused-ring (bicyclic) bond motifs is 3. The van der Waals surface area contributed by atoms with E-state index in [1.54, 1.807) is 16.4 Å². The zero-order chi connectivity index (χ0) is 18.4. The van der Waals surface area contributed by atoms with Gasteiger partial charge in [-0.05, 0) is 53.5 Å². The monoisotopic (exact) mass is 382 g/mol. The average Bonchev–Trinajstić information content (AvgIpc) is 3.31. The largest absolute Gasteiger partial charge is 0.300 e. The maximum Gasteiger partial charge on any atom is 0.243 e. The Morgan fingerprint density at radius 3 is 2.37 bits per heavy atom. The molecule has 1 saturated carbocycles. The van der Waals surface area contributed by atoms with Gasteiger partial charge in [0.25, 0.3) is 0 Å². The van der Waals surface area contributed by atoms with E-state index in [0.29, 0.717) is 18.0 Å². The summed E-state index contributed by atoms with van der Waals surface area (Å²) in [5.74, 6) is 2.33. The summed E-state index contributed by atoms with van der Waals surface area (Å²) in [7, 11) is -3.42. The van der Waals surface area contributed by atoms with Crippen molar-refractivity contribution in [3.05, 3.63) is 54.6 Å². The van der Waals surface area contributed by atoms with Crippen molar-refractivity contribution >= 4 is 20.8 Å². The number of allylic oxidation sites excluding steroid dienone is 2. The normalized spacial score (nSPS) is 29.0. The van der Waals surface area contributed by atoms with E-state index in [1.165, 1.54) is 12.8 Å². The smallest absolute Gasteiger partial charge is 0.243 e. The highest BCUT2D eigenvalue weighted by molar-refractivity contribution is 7.89. The van der Waals surface area contributed by atoms with Crippen molar-refractivity contribution in [1.29, 1.82) is 0 Å². The Hall–Kier alpha value is -1.69. The first-order valence-corrected chi connectivity index (χ1v) is 11.4. The first-order valence-electron chi connectivity index (χ1n) is 9.99. The number of benzene rings is 2. The molecule has 1 heterocycles. The molecule has 27 heavy (non-hydrogen) atoms. The Kier molecular flexibility index (Phi) is 4.34. The lowest BCUT2D eigenvalue weighted by atomic mass is 9.93. The lowest BCUT2D eigenvalue weighted by molar-refractivity contribution is 0.156. The van der Waals surface area contributed by atoms with Crippen LogP contribution in [0.4, 0.5) is 0 Å². The SMILES string of the molecule is O=S(=O)(c1ccc2ccccc2c1)N1CCN(C[C@@H]2C[C@@H]3C=C[C@@H]2C3)CC1. The molecule has 1 aliphatic heterocycles. The molecule has 5 rings (SSSR count). The van der Waals surface area contributed by atoms with E-state index in [0.717, 1.165) is 48.2 Å². The second-order valence-electron chi connectivity index (χ2n) is 8.25. The second kappa shape index (κ2) is 6.73. The van der Waals surface area contributed by atoms with E-state index in [-0.39, 0.29) is 0 Å². The van der Waals surface area contributed by atoms with E-state index in [1.807, 2.05) is 30.3 Å². The van der Waals surface area contributed by atoms with Crippen molar-refractivity contribution < 1.29 is 8.42 Å². The Morgan fingerprint density at radius 1 is 0.889 bits per heavy atom. The summed E-state index contributed by atoms with van der Waals surface area (Å²) in [6.45, 7) is 3.97. The predicted octanol–water partition coefficient (Wildman–Crippen LogP) is 3.36. The van der Waals surface area contributed by atoms with Crippen LogP contribution in [0, 0.1) is 17.8 Å². The first-order chi connectivity index (χ1) is 13.1. The van der Waals surface area contributed by atoms with Gasteiger partial charge in [-0.1, -0.05) is 42.5 Å². The molecule has 0 amide bonds. The van der Waals surface area contributed by atoms with Gasteiger partial charge in [0.15, 0.2) is 0 Å². The van der Waals surface area contributed by atoms with Crippen LogP contribution < -0.4 is 0 Å². The molecule has 2 fully saturated rings. The molecule has 0 spiro atoms. The Morgan fingerprint density at radius 2 is 1.67 bits per heavy atom. The zero-order valence-corrected chi connectivity index (χ0v) is 16.3. The van der Waals surface area contributed by atoms with Gasteiger partial charge in [-0.3, -0.25) is 0 Å². The average molecular weight is 383 g/mol. The summed E-state index contributed by atoms with van der Waals surface area (Å²) in [4.78, 5) is 2.87. The quantitative estimate of drug-likeness (QED) is 0.762. The van der Waals surface area contributed by atoms with E-state index >= 15 is 0 Å². The summed E-state index contributed by atoms with van der Waals surface area (Å²) in [6, 6.07) is 13.3. The molecule has 0 N–H and O–H groups in total. The summed E-state index contributed by atoms with van der Waals surface area (Å²) in [5.41, 5.74) is 0. The lowest BCUT2D eigenvalue weighted by Gasteiger charge is -2.36. The predicted molar refractivity (Wildman–Crippen MR) is 108 cm³/mol. The van der Waals surface area contributed by atoms with E-state index < -0.39 is 10.0 Å². The Labute approximate surface area is 161 Å². The molecular formula is C22H26N2O2S. The highest BCUT2D eigenvalue weighted by atomic mass is 32.2. The van der Waals surface area contributed by atoms with E-state index in [9.17, 15) is 8.42 Å². The van der Waals surface area contributed by atoms with Crippen molar-refractivity contribution in [3.8, 4) is 0 Å². The van der Waals surface area contributed by atoms with Crippen molar-refractivity contribution in [2.45, 2.75) is 17.7 Å². The van der Waals surface area contributed by atoms with Gasteiger partial charge in [-0.25, -0.2) is 8.42 Å². The summed E-state index contributed by atoms with van der Waals surface area (Å²) < 4.78 is 27.8. The topological polar surface area (TPSA) is 40.6 Å². The summed E-state index contributed by atoms with van der Waals surface area (Å²) in [5, 5.41) is 2.04. The van der Waals surface area contributed by atoms with Gasteiger partial charge in [-0.2, -0.15) is 4.31 Å². The van der Waals surface area contributed by atoms with E-state index in [2.05, 4.69) is 17.1 Å². The third-order valence-corrected chi connectivity index (χ3v) is 8.49. The molecule has 3 aliphatic rings. The van der Waals surface area contributed by atoms with Gasteiger partial charge in [0.05, 0.1) is 4.90 Å². The minimum absolute atomic E-state index is 0.410. The van der Waals surface area contributed by atoms with Crippen molar-refractivity contribution in [2.24, 2.45) is 17.8 Å². The fourth-order valence-corrected chi connectivity index (χ4v) is 6.52. The Bertz CT molecular complexity index is 977. The molecule has 142 valence electrons. The van der Waals surface area contributed by atoms with Crippen LogP contribution in [0.15, 0.2) is 59.5 Å². The molecule has 5 heteroatoms. The molecule has 2 bridgehead atoms. The molecule has 2 aliphatic carbocycles. The van der Waals surface area contributed by atoms with E-state index in [4.69, 9.17) is 0 Å². The number of rotatable bonds is 4. The number of nitrogens with zero attached hydrogens (tertiary/aromatic N) is 2. The van der Waals surface area contributed by atoms with Crippen LogP contribution in [-0.2, 0) is 10.0 Å². The van der Waals surface area contributed by atoms with Gasteiger partial charge < -0.3 is 4.90 Å². The van der Waals surface area contributed by atoms with Gasteiger partial charge in [0.1, 0.15) is 0 Å². The zero-order valence-electron chi connectivity index (χ0n) is 15.5. The molecule has 2 aromatic carbocycles. The van der Waals surface area contributed by atoms with Gasteiger partial charge in [-0.15, -0.1) is 0 Å². The molecule has 0 unspecified atom stereocenters. The highest BCUT2D eigenvalue weighted by Crippen LogP contribution is 2.43. The van der Waals surface area contributed by atoms with Crippen LogP contribution in [0.1, 0.15) is 12.8 Å². The van der Waals surface area contributed by atoms with Crippen molar-refractivity contribution in [3.63, 3.8) is 0 Å². The standard InChI is InChI=1S/C22H26N2O2S/c25-27(26,22-8-7-18-3-1-2-4-19(18)15-22)24-11-9-23(10-12-24)16-21-14-17-5-6-20(21)13-17/h1-8,15,17,20-21H,9-14,16H2/t17-,20-,21+/m1/s1. The first kappa shape index (κ1) is 17.4. The van der Waals surface area contributed by atoms with Crippen LogP contribution in [0.25, 0.3) is 10.8 Å². The van der Waals surface area contributed by atoms with Crippen LogP contribution in [-0.4, -0.2) is 50.3 Å². The molecule has 0 radical (unpaired) electrons. The lowest BCUT2D eigenvalue weighted by Crippen LogP contribution is -2.49. The second-order valence-corrected chi connectivity index (χ2v) is 10.2.